The van der Waals surface area contributed by atoms with E-state index in [1.807, 2.05) is 24.7 Å². The lowest BCUT2D eigenvalue weighted by Crippen LogP contribution is -2.07. The highest BCUT2D eigenvalue weighted by atomic mass is 35.5. The molecule has 98 valence electrons. The Hall–Kier alpha value is -2.08. The number of nitrogens with one attached hydrogen (secondary N) is 1. The van der Waals surface area contributed by atoms with Crippen molar-refractivity contribution >= 4 is 22.9 Å². The van der Waals surface area contributed by atoms with Crippen LogP contribution in [0.4, 0.5) is 5.69 Å². The summed E-state index contributed by atoms with van der Waals surface area (Å²) in [5.41, 5.74) is 3.65. The summed E-state index contributed by atoms with van der Waals surface area (Å²) < 4.78 is 3.55. The number of fused-ring (bicyclic) bond motifs is 1. The van der Waals surface area contributed by atoms with Crippen molar-refractivity contribution in [1.29, 1.82) is 0 Å². The molecule has 0 aliphatic rings. The minimum absolute atomic E-state index is 0.432. The van der Waals surface area contributed by atoms with E-state index < -0.39 is 0 Å². The molecule has 0 aliphatic heterocycles. The van der Waals surface area contributed by atoms with Gasteiger partial charge in [-0.3, -0.25) is 4.68 Å². The van der Waals surface area contributed by atoms with Gasteiger partial charge in [0.25, 0.3) is 0 Å². The Kier molecular flexibility index (Phi) is 2.87. The second kappa shape index (κ2) is 4.55. The van der Waals surface area contributed by atoms with Crippen molar-refractivity contribution in [3.8, 4) is 0 Å². The zero-order chi connectivity index (χ0) is 13.4. The smallest absolute Gasteiger partial charge is 0.177 e. The molecule has 3 aromatic rings. The van der Waals surface area contributed by atoms with Gasteiger partial charge in [0.1, 0.15) is 0 Å². The summed E-state index contributed by atoms with van der Waals surface area (Å²) in [7, 11) is 1.91. The highest BCUT2D eigenvalue weighted by Gasteiger charge is 2.09. The van der Waals surface area contributed by atoms with Gasteiger partial charge in [0.05, 0.1) is 29.8 Å². The zero-order valence-corrected chi connectivity index (χ0v) is 11.4. The third-order valence-electron chi connectivity index (χ3n) is 2.99. The van der Waals surface area contributed by atoms with Crippen LogP contribution in [0.15, 0.2) is 24.5 Å². The highest BCUT2D eigenvalue weighted by Crippen LogP contribution is 2.20. The van der Waals surface area contributed by atoms with Crippen molar-refractivity contribution in [2.24, 2.45) is 7.05 Å². The lowest BCUT2D eigenvalue weighted by Gasteiger charge is -2.08. The predicted octanol–water partition coefficient (Wildman–Crippen LogP) is 2.04. The number of hydrogen-bond acceptors (Lipinski definition) is 4. The Morgan fingerprint density at radius 3 is 3.00 bits per heavy atom. The molecule has 0 unspecified atom stereocenters. The third kappa shape index (κ3) is 2.15. The van der Waals surface area contributed by atoms with Gasteiger partial charge in [0.2, 0.25) is 0 Å². The molecule has 1 N–H and O–H groups in total. The average molecular weight is 277 g/mol. The molecule has 0 aliphatic carbocycles. The van der Waals surface area contributed by atoms with E-state index >= 15 is 0 Å². The molecule has 19 heavy (non-hydrogen) atoms. The number of aromatic nitrogens is 5. The number of halogens is 1. The van der Waals surface area contributed by atoms with Gasteiger partial charge in [-0.25, -0.2) is 9.50 Å². The second-order valence-corrected chi connectivity index (χ2v) is 4.70. The van der Waals surface area contributed by atoms with E-state index in [0.29, 0.717) is 11.7 Å². The van der Waals surface area contributed by atoms with Crippen molar-refractivity contribution in [3.05, 3.63) is 41.1 Å². The SMILES string of the molecule is Cc1cnc2c(NCc3ccnn3C)cc(Cl)nn12. The largest absolute Gasteiger partial charge is 0.376 e. The summed E-state index contributed by atoms with van der Waals surface area (Å²) in [6.45, 7) is 2.59. The van der Waals surface area contributed by atoms with Gasteiger partial charge in [-0.1, -0.05) is 11.6 Å². The molecule has 7 heteroatoms. The standard InChI is InChI=1S/C12H13ClN6/c1-8-6-15-12-10(5-11(13)17-19(8)12)14-7-9-3-4-16-18(9)2/h3-6,14H,7H2,1-2H3. The van der Waals surface area contributed by atoms with Gasteiger partial charge < -0.3 is 5.32 Å². The van der Waals surface area contributed by atoms with Gasteiger partial charge in [-0.2, -0.15) is 10.2 Å². The summed E-state index contributed by atoms with van der Waals surface area (Å²) in [6.07, 6.45) is 3.54. The first-order valence-corrected chi connectivity index (χ1v) is 6.24. The van der Waals surface area contributed by atoms with Crippen LogP contribution >= 0.6 is 11.6 Å². The summed E-state index contributed by atoms with van der Waals surface area (Å²) in [4.78, 5) is 4.34. The summed E-state index contributed by atoms with van der Waals surface area (Å²) in [5, 5.41) is 12.1. The molecule has 0 fully saturated rings. The Morgan fingerprint density at radius 1 is 1.42 bits per heavy atom. The molecule has 0 spiro atoms. The maximum atomic E-state index is 6.03. The van der Waals surface area contributed by atoms with Gasteiger partial charge in [0, 0.05) is 19.3 Å². The number of rotatable bonds is 3. The fraction of sp³-hybridized carbons (Fsp3) is 0.250. The third-order valence-corrected chi connectivity index (χ3v) is 3.18. The van der Waals surface area contributed by atoms with Gasteiger partial charge in [0.15, 0.2) is 10.8 Å². The number of anilines is 1. The molecule has 0 saturated heterocycles. The van der Waals surface area contributed by atoms with Gasteiger partial charge >= 0.3 is 0 Å². The fourth-order valence-electron chi connectivity index (χ4n) is 1.94. The van der Waals surface area contributed by atoms with Crippen molar-refractivity contribution in [1.82, 2.24) is 24.4 Å². The minimum atomic E-state index is 0.432. The average Bonchev–Trinajstić information content (AvgIpc) is 2.94. The maximum Gasteiger partial charge on any atom is 0.177 e. The molecule has 0 radical (unpaired) electrons. The van der Waals surface area contributed by atoms with Crippen molar-refractivity contribution in [3.63, 3.8) is 0 Å². The normalized spacial score (nSPS) is 11.1. The molecule has 0 aromatic carbocycles. The van der Waals surface area contributed by atoms with E-state index in [-0.39, 0.29) is 0 Å². The monoisotopic (exact) mass is 276 g/mol. The van der Waals surface area contributed by atoms with E-state index in [1.54, 1.807) is 23.0 Å². The molecule has 3 rings (SSSR count). The van der Waals surface area contributed by atoms with Crippen molar-refractivity contribution < 1.29 is 0 Å². The number of nitrogens with zero attached hydrogens (tertiary/aromatic N) is 5. The maximum absolute atomic E-state index is 6.03. The van der Waals surface area contributed by atoms with E-state index in [0.717, 1.165) is 22.7 Å². The van der Waals surface area contributed by atoms with Crippen LogP contribution in [0.25, 0.3) is 5.65 Å². The minimum Gasteiger partial charge on any atom is -0.376 e. The molecule has 3 aromatic heterocycles. The topological polar surface area (TPSA) is 60.0 Å². The predicted molar refractivity (Wildman–Crippen MR) is 73.3 cm³/mol. The Bertz CT molecular complexity index is 729. The number of aryl methyl sites for hydroxylation is 2. The fourth-order valence-corrected chi connectivity index (χ4v) is 2.12. The van der Waals surface area contributed by atoms with Crippen molar-refractivity contribution in [2.75, 3.05) is 5.32 Å². The van der Waals surface area contributed by atoms with E-state index in [1.165, 1.54) is 0 Å². The van der Waals surface area contributed by atoms with Gasteiger partial charge in [-0.15, -0.1) is 0 Å². The lowest BCUT2D eigenvalue weighted by molar-refractivity contribution is 0.720. The van der Waals surface area contributed by atoms with Gasteiger partial charge in [-0.05, 0) is 13.0 Å². The molecule has 0 bridgehead atoms. The summed E-state index contributed by atoms with van der Waals surface area (Å²) in [5.74, 6) is 0. The first kappa shape index (κ1) is 12.0. The Balaban J connectivity index is 1.94. The van der Waals surface area contributed by atoms with Crippen LogP contribution in [0.5, 0.6) is 0 Å². The first-order valence-electron chi connectivity index (χ1n) is 5.87. The van der Waals surface area contributed by atoms with Crippen LogP contribution in [0.2, 0.25) is 5.15 Å². The summed E-state index contributed by atoms with van der Waals surface area (Å²) in [6, 6.07) is 3.74. The quantitative estimate of drug-likeness (QED) is 0.795. The van der Waals surface area contributed by atoms with E-state index in [2.05, 4.69) is 20.5 Å². The van der Waals surface area contributed by atoms with E-state index in [4.69, 9.17) is 11.6 Å². The molecule has 0 saturated carbocycles. The molecule has 0 atom stereocenters. The second-order valence-electron chi connectivity index (χ2n) is 4.32. The lowest BCUT2D eigenvalue weighted by atomic mass is 10.4. The molecular formula is C12H13ClN6. The van der Waals surface area contributed by atoms with E-state index in [9.17, 15) is 0 Å². The highest BCUT2D eigenvalue weighted by molar-refractivity contribution is 6.29. The van der Waals surface area contributed by atoms with Crippen LogP contribution in [0.1, 0.15) is 11.4 Å². The number of hydrogen-bond donors (Lipinski definition) is 1. The zero-order valence-electron chi connectivity index (χ0n) is 10.6. The van der Waals surface area contributed by atoms with Crippen LogP contribution in [0.3, 0.4) is 0 Å². The Morgan fingerprint density at radius 2 is 2.26 bits per heavy atom. The van der Waals surface area contributed by atoms with Crippen LogP contribution in [0, 0.1) is 6.92 Å². The van der Waals surface area contributed by atoms with Crippen molar-refractivity contribution in [2.45, 2.75) is 13.5 Å². The van der Waals surface area contributed by atoms with Crippen LogP contribution < -0.4 is 5.32 Å². The van der Waals surface area contributed by atoms with Crippen LogP contribution in [-0.2, 0) is 13.6 Å². The molecule has 6 nitrogen and oxygen atoms in total. The molecule has 3 heterocycles. The Labute approximate surface area is 115 Å². The van der Waals surface area contributed by atoms with Crippen LogP contribution in [-0.4, -0.2) is 24.4 Å². The molecule has 0 amide bonds. The summed E-state index contributed by atoms with van der Waals surface area (Å²) >= 11 is 6.03. The number of imidazole rings is 1. The first-order chi connectivity index (χ1) is 9.15. The molecular weight excluding hydrogens is 264 g/mol.